The molecule has 3 heterocycles. The van der Waals surface area contributed by atoms with E-state index in [1.807, 2.05) is 0 Å². The van der Waals surface area contributed by atoms with Crippen LogP contribution >= 0.6 is 0 Å². The average Bonchev–Trinajstić information content (AvgIpc) is 3.51. The Balaban J connectivity index is 1.39. The molecule has 228 valence electrons. The first kappa shape index (κ1) is 29.8. The van der Waals surface area contributed by atoms with Crippen molar-refractivity contribution in [1.29, 1.82) is 0 Å². The van der Waals surface area contributed by atoms with Gasteiger partial charge in [-0.05, 0) is 55.2 Å². The van der Waals surface area contributed by atoms with Crippen LogP contribution in [0, 0.1) is 11.8 Å². The molecule has 42 heavy (non-hydrogen) atoms. The van der Waals surface area contributed by atoms with Gasteiger partial charge in [0.2, 0.25) is 11.8 Å². The Morgan fingerprint density at radius 2 is 1.76 bits per heavy atom. The zero-order valence-electron chi connectivity index (χ0n) is 22.6. The number of fused-ring (bicyclic) bond motifs is 1. The largest absolute Gasteiger partial charge is 0.389 e. The molecule has 3 aromatic heterocycles. The fraction of sp³-hybridized carbons (Fsp3) is 0.593. The monoisotopic (exact) mass is 599 g/mol. The number of halogens is 6. The van der Waals surface area contributed by atoms with Crippen molar-refractivity contribution in [3.63, 3.8) is 0 Å². The number of aromatic nitrogens is 5. The number of alkyl halides is 6. The molecule has 2 fully saturated rings. The normalized spacial score (nSPS) is 19.0. The third kappa shape index (κ3) is 7.21. The van der Waals surface area contributed by atoms with E-state index in [1.54, 1.807) is 12.3 Å². The van der Waals surface area contributed by atoms with Crippen molar-refractivity contribution < 1.29 is 35.9 Å². The van der Waals surface area contributed by atoms with Crippen LogP contribution in [-0.4, -0.2) is 55.0 Å². The lowest BCUT2D eigenvalue weighted by molar-refractivity contribution is -0.144. The van der Waals surface area contributed by atoms with E-state index in [0.29, 0.717) is 16.9 Å². The lowest BCUT2D eigenvalue weighted by Gasteiger charge is -2.33. The number of hydrogen-bond acceptors (Lipinski definition) is 5. The smallest absolute Gasteiger partial charge is 0.349 e. The van der Waals surface area contributed by atoms with Gasteiger partial charge in [0, 0.05) is 25.5 Å². The van der Waals surface area contributed by atoms with Gasteiger partial charge in [-0.25, -0.2) is 22.7 Å². The molecule has 0 radical (unpaired) electrons. The van der Waals surface area contributed by atoms with Gasteiger partial charge in [0.25, 0.3) is 5.91 Å². The SMILES string of the molecule is O=C(CCC(F)(F)F)N[C@@H](c1cnn2cc([C@@H](NC(=O)c3ccnn3CCF)C3CCC(F)(F)CC3)nc2c1)C1CC1. The van der Waals surface area contributed by atoms with Gasteiger partial charge in [-0.2, -0.15) is 23.4 Å². The number of carbonyl (C=O) groups is 2. The molecular formula is C27H31F6N7O2. The molecule has 0 spiro atoms. The molecule has 0 unspecified atom stereocenters. The molecule has 2 aliphatic carbocycles. The average molecular weight is 600 g/mol. The van der Waals surface area contributed by atoms with Gasteiger partial charge in [0.15, 0.2) is 5.65 Å². The van der Waals surface area contributed by atoms with Crippen LogP contribution in [0.1, 0.15) is 85.2 Å². The predicted molar refractivity (Wildman–Crippen MR) is 137 cm³/mol. The molecule has 2 N–H and O–H groups in total. The van der Waals surface area contributed by atoms with E-state index in [4.69, 9.17) is 0 Å². The summed E-state index contributed by atoms with van der Waals surface area (Å²) >= 11 is 0. The van der Waals surface area contributed by atoms with Crippen LogP contribution in [0.25, 0.3) is 5.65 Å². The van der Waals surface area contributed by atoms with E-state index in [1.165, 1.54) is 27.7 Å². The van der Waals surface area contributed by atoms with Crippen molar-refractivity contribution in [3.8, 4) is 0 Å². The molecule has 0 aromatic carbocycles. The lowest BCUT2D eigenvalue weighted by atomic mass is 9.81. The molecule has 9 nitrogen and oxygen atoms in total. The number of rotatable bonds is 11. The predicted octanol–water partition coefficient (Wildman–Crippen LogP) is 5.10. The van der Waals surface area contributed by atoms with Crippen molar-refractivity contribution in [2.75, 3.05) is 6.67 Å². The van der Waals surface area contributed by atoms with E-state index < -0.39 is 55.5 Å². The second-order valence-corrected chi connectivity index (χ2v) is 11.0. The van der Waals surface area contributed by atoms with Crippen LogP contribution in [0.5, 0.6) is 0 Å². The minimum absolute atomic E-state index is 0.0589. The Morgan fingerprint density at radius 3 is 2.43 bits per heavy atom. The fourth-order valence-corrected chi connectivity index (χ4v) is 5.46. The molecule has 0 saturated heterocycles. The summed E-state index contributed by atoms with van der Waals surface area (Å²) in [5, 5.41) is 13.9. The summed E-state index contributed by atoms with van der Waals surface area (Å²) < 4.78 is 81.4. The summed E-state index contributed by atoms with van der Waals surface area (Å²) in [6, 6.07) is 1.83. The lowest BCUT2D eigenvalue weighted by Crippen LogP contribution is -2.38. The zero-order valence-corrected chi connectivity index (χ0v) is 22.6. The maximum absolute atomic E-state index is 14.0. The van der Waals surface area contributed by atoms with E-state index in [9.17, 15) is 35.9 Å². The molecule has 0 bridgehead atoms. The summed E-state index contributed by atoms with van der Waals surface area (Å²) in [5.74, 6) is -4.35. The summed E-state index contributed by atoms with van der Waals surface area (Å²) in [6.07, 6.45) is -0.658. The number of nitrogens with one attached hydrogen (secondary N) is 2. The Bertz CT molecular complexity index is 1410. The maximum Gasteiger partial charge on any atom is 0.389 e. The fourth-order valence-electron chi connectivity index (χ4n) is 5.46. The van der Waals surface area contributed by atoms with Crippen LogP contribution in [0.3, 0.4) is 0 Å². The van der Waals surface area contributed by atoms with Crippen LogP contribution in [-0.2, 0) is 11.3 Å². The summed E-state index contributed by atoms with van der Waals surface area (Å²) in [7, 11) is 0. The second-order valence-electron chi connectivity index (χ2n) is 11.0. The standard InChI is InChI=1S/C27H31F6N7O2/c28-10-12-39-20(6-11-34-39)25(42)38-24(17-3-7-26(29,30)8-4-17)19-15-40-21(36-19)13-18(14-35-40)23(16-1-2-16)37-22(41)5-9-27(31,32)33/h6,11,13-17,23-24H,1-5,7-10,12H2,(H,37,41)(H,38,42)/t23-,24+/m1/s1. The van der Waals surface area contributed by atoms with E-state index in [-0.39, 0.29) is 49.8 Å². The van der Waals surface area contributed by atoms with Gasteiger partial charge < -0.3 is 10.6 Å². The number of imidazole rings is 1. The number of amides is 2. The van der Waals surface area contributed by atoms with Gasteiger partial charge in [-0.1, -0.05) is 0 Å². The van der Waals surface area contributed by atoms with Crippen LogP contribution in [0.4, 0.5) is 26.3 Å². The minimum Gasteiger partial charge on any atom is -0.349 e. The van der Waals surface area contributed by atoms with Crippen molar-refractivity contribution in [2.24, 2.45) is 11.8 Å². The highest BCUT2D eigenvalue weighted by atomic mass is 19.4. The number of aryl methyl sites for hydroxylation is 1. The number of hydrogen-bond donors (Lipinski definition) is 2. The highest BCUT2D eigenvalue weighted by Gasteiger charge is 2.40. The summed E-state index contributed by atoms with van der Waals surface area (Å²) in [4.78, 5) is 30.1. The third-order valence-corrected chi connectivity index (χ3v) is 7.85. The molecule has 15 heteroatoms. The molecule has 2 aliphatic rings. The quantitative estimate of drug-likeness (QED) is 0.299. The van der Waals surface area contributed by atoms with Crippen molar-refractivity contribution >= 4 is 17.5 Å². The third-order valence-electron chi connectivity index (χ3n) is 7.85. The Morgan fingerprint density at radius 1 is 1.05 bits per heavy atom. The van der Waals surface area contributed by atoms with Crippen molar-refractivity contribution in [3.05, 3.63) is 47.7 Å². The second kappa shape index (κ2) is 11.9. The van der Waals surface area contributed by atoms with Crippen molar-refractivity contribution in [1.82, 2.24) is 35.0 Å². The van der Waals surface area contributed by atoms with Gasteiger partial charge in [0.1, 0.15) is 12.4 Å². The summed E-state index contributed by atoms with van der Waals surface area (Å²) in [5.41, 5.74) is 1.45. The van der Waals surface area contributed by atoms with Crippen LogP contribution in [0.15, 0.2) is 30.7 Å². The van der Waals surface area contributed by atoms with E-state index in [2.05, 4.69) is 25.8 Å². The molecule has 2 amide bonds. The minimum atomic E-state index is -4.44. The van der Waals surface area contributed by atoms with E-state index in [0.717, 1.165) is 12.8 Å². The summed E-state index contributed by atoms with van der Waals surface area (Å²) in [6.45, 7) is -0.847. The van der Waals surface area contributed by atoms with Gasteiger partial charge >= 0.3 is 6.18 Å². The first-order chi connectivity index (χ1) is 19.9. The molecule has 2 atom stereocenters. The molecule has 2 saturated carbocycles. The van der Waals surface area contributed by atoms with Gasteiger partial charge in [-0.3, -0.25) is 14.3 Å². The first-order valence-corrected chi connectivity index (χ1v) is 13.9. The van der Waals surface area contributed by atoms with Crippen LogP contribution < -0.4 is 10.6 Å². The Labute approximate surface area is 237 Å². The van der Waals surface area contributed by atoms with E-state index >= 15 is 0 Å². The molecule has 3 aromatic rings. The Hall–Kier alpha value is -3.65. The molecule has 5 rings (SSSR count). The number of nitrogens with zero attached hydrogens (tertiary/aromatic N) is 5. The first-order valence-electron chi connectivity index (χ1n) is 13.9. The van der Waals surface area contributed by atoms with Gasteiger partial charge in [-0.15, -0.1) is 0 Å². The highest BCUT2D eigenvalue weighted by Crippen LogP contribution is 2.43. The zero-order chi connectivity index (χ0) is 30.1. The van der Waals surface area contributed by atoms with Crippen molar-refractivity contribution in [2.45, 2.75) is 82.1 Å². The van der Waals surface area contributed by atoms with Gasteiger partial charge in [0.05, 0.1) is 43.1 Å². The van der Waals surface area contributed by atoms with Crippen LogP contribution in [0.2, 0.25) is 0 Å². The molecular weight excluding hydrogens is 568 g/mol. The topological polar surface area (TPSA) is 106 Å². The highest BCUT2D eigenvalue weighted by molar-refractivity contribution is 5.92. The Kier molecular flexibility index (Phi) is 8.46. The molecule has 0 aliphatic heterocycles. The maximum atomic E-state index is 14.0. The number of carbonyl (C=O) groups excluding carboxylic acids is 2.